The molecule has 0 N–H and O–H groups in total. The molecule has 1 aliphatic rings. The monoisotopic (exact) mass is 479 g/mol. The summed E-state index contributed by atoms with van der Waals surface area (Å²) < 4.78 is 11.4. The zero-order valence-corrected chi connectivity index (χ0v) is 19.4. The lowest BCUT2D eigenvalue weighted by Crippen LogP contribution is -2.28. The normalized spacial score (nSPS) is 18.3. The van der Waals surface area contributed by atoms with Crippen LogP contribution in [-0.2, 0) is 9.53 Å². The van der Waals surface area contributed by atoms with Crippen molar-refractivity contribution in [3.63, 3.8) is 0 Å². The zero-order valence-electron chi connectivity index (χ0n) is 17.9. The van der Waals surface area contributed by atoms with Crippen LogP contribution in [0, 0.1) is 16.0 Å². The number of ether oxygens (including phenoxy) is 2. The first-order valence-electron chi connectivity index (χ1n) is 10.1. The van der Waals surface area contributed by atoms with Crippen LogP contribution in [0.15, 0.2) is 36.4 Å². The van der Waals surface area contributed by atoms with E-state index in [1.165, 1.54) is 30.3 Å². The molecule has 0 bridgehead atoms. The van der Waals surface area contributed by atoms with Crippen LogP contribution < -0.4 is 4.74 Å². The summed E-state index contributed by atoms with van der Waals surface area (Å²) in [6.07, 6.45) is 1.60. The van der Waals surface area contributed by atoms with Crippen LogP contribution in [0.2, 0.25) is 10.0 Å². The molecule has 2 atom stereocenters. The van der Waals surface area contributed by atoms with Gasteiger partial charge in [0, 0.05) is 23.3 Å². The van der Waals surface area contributed by atoms with Gasteiger partial charge in [-0.25, -0.2) is 0 Å². The summed E-state index contributed by atoms with van der Waals surface area (Å²) in [6.45, 7) is 5.49. The molecule has 32 heavy (non-hydrogen) atoms. The van der Waals surface area contributed by atoms with Gasteiger partial charge in [-0.2, -0.15) is 0 Å². The molecule has 0 aromatic heterocycles. The van der Waals surface area contributed by atoms with E-state index in [1.807, 2.05) is 20.8 Å². The van der Waals surface area contributed by atoms with E-state index in [0.717, 1.165) is 0 Å². The van der Waals surface area contributed by atoms with Gasteiger partial charge in [0.25, 0.3) is 5.69 Å². The summed E-state index contributed by atoms with van der Waals surface area (Å²) in [4.78, 5) is 35.3. The number of rotatable bonds is 6. The number of hydrogen-bond acceptors (Lipinski definition) is 6. The number of benzene rings is 2. The Morgan fingerprint density at radius 2 is 1.69 bits per heavy atom. The van der Waals surface area contributed by atoms with Crippen LogP contribution >= 0.6 is 23.2 Å². The lowest BCUT2D eigenvalue weighted by molar-refractivity contribution is -0.384. The first-order chi connectivity index (χ1) is 15.0. The molecular weight excluding hydrogens is 457 g/mol. The van der Waals surface area contributed by atoms with Crippen molar-refractivity contribution in [3.8, 4) is 5.75 Å². The van der Waals surface area contributed by atoms with E-state index in [1.54, 1.807) is 6.07 Å². The Balaban J connectivity index is 1.70. The minimum atomic E-state index is -0.543. The minimum absolute atomic E-state index is 0.0363. The number of hydrogen-bond donors (Lipinski definition) is 0. The molecule has 0 saturated heterocycles. The van der Waals surface area contributed by atoms with Gasteiger partial charge in [-0.05, 0) is 64.3 Å². The maximum Gasteiger partial charge on any atom is 0.309 e. The summed E-state index contributed by atoms with van der Waals surface area (Å²) >= 11 is 12.7. The van der Waals surface area contributed by atoms with E-state index < -0.39 is 16.3 Å². The topological polar surface area (TPSA) is 95.7 Å². The van der Waals surface area contributed by atoms with Gasteiger partial charge >= 0.3 is 5.97 Å². The highest BCUT2D eigenvalue weighted by molar-refractivity contribution is 6.45. The minimum Gasteiger partial charge on any atom is -0.489 e. The van der Waals surface area contributed by atoms with Crippen LogP contribution in [0.5, 0.6) is 5.75 Å². The second-order valence-electron chi connectivity index (χ2n) is 8.66. The molecule has 170 valence electrons. The molecule has 1 aliphatic carbocycles. The number of carbonyl (C=O) groups is 2. The van der Waals surface area contributed by atoms with Crippen molar-refractivity contribution in [1.29, 1.82) is 0 Å². The standard InChI is InChI=1S/C23H23Cl2NO6/c1-23(2,3)32-22(28)14-6-9-16(12-14)31-18-11-10-17(19(24)20(18)25)21(27)13-4-7-15(8-5-13)26(29)30/h4-5,7-8,10-11,14,16H,6,9,12H2,1-3H3/t14-,16-/m0/s1. The largest absolute Gasteiger partial charge is 0.489 e. The molecule has 0 unspecified atom stereocenters. The van der Waals surface area contributed by atoms with Gasteiger partial charge in [0.05, 0.1) is 22.0 Å². The highest BCUT2D eigenvalue weighted by Gasteiger charge is 2.34. The number of nitro groups is 1. The van der Waals surface area contributed by atoms with E-state index in [4.69, 9.17) is 32.7 Å². The van der Waals surface area contributed by atoms with E-state index in [-0.39, 0.29) is 44.9 Å². The molecule has 0 heterocycles. The third-order valence-corrected chi connectivity index (χ3v) is 5.91. The van der Waals surface area contributed by atoms with Crippen molar-refractivity contribution in [2.75, 3.05) is 0 Å². The smallest absolute Gasteiger partial charge is 0.309 e. The van der Waals surface area contributed by atoms with Gasteiger partial charge in [0.1, 0.15) is 16.4 Å². The second kappa shape index (κ2) is 9.46. The summed E-state index contributed by atoms with van der Waals surface area (Å²) in [7, 11) is 0. The molecule has 3 rings (SSSR count). The third-order valence-electron chi connectivity index (χ3n) is 5.05. The molecule has 9 heteroatoms. The summed E-state index contributed by atoms with van der Waals surface area (Å²) in [5.41, 5.74) is -0.247. The zero-order chi connectivity index (χ0) is 23.6. The van der Waals surface area contributed by atoms with Crippen LogP contribution in [0.4, 0.5) is 5.69 Å². The van der Waals surface area contributed by atoms with E-state index >= 15 is 0 Å². The number of non-ortho nitro benzene ring substituents is 1. The molecule has 1 saturated carbocycles. The van der Waals surface area contributed by atoms with Crippen molar-refractivity contribution in [1.82, 2.24) is 0 Å². The summed E-state index contributed by atoms with van der Waals surface area (Å²) in [5, 5.41) is 10.9. The van der Waals surface area contributed by atoms with Gasteiger partial charge in [-0.3, -0.25) is 19.7 Å². The number of ketones is 1. The predicted molar refractivity (Wildman–Crippen MR) is 121 cm³/mol. The van der Waals surface area contributed by atoms with Crippen molar-refractivity contribution in [2.24, 2.45) is 5.92 Å². The molecule has 0 aliphatic heterocycles. The Kier molecular flexibility index (Phi) is 7.10. The van der Waals surface area contributed by atoms with Gasteiger partial charge in [0.2, 0.25) is 0 Å². The molecule has 0 spiro atoms. The van der Waals surface area contributed by atoms with Crippen LogP contribution in [0.3, 0.4) is 0 Å². The lowest BCUT2D eigenvalue weighted by Gasteiger charge is -2.22. The lowest BCUT2D eigenvalue weighted by atomic mass is 10.0. The predicted octanol–water partition coefficient (Wildman–Crippen LogP) is 6.02. The maximum atomic E-state index is 12.8. The van der Waals surface area contributed by atoms with Gasteiger partial charge < -0.3 is 9.47 Å². The molecule has 1 fully saturated rings. The van der Waals surface area contributed by atoms with Crippen LogP contribution in [-0.4, -0.2) is 28.4 Å². The number of nitrogens with zero attached hydrogens (tertiary/aromatic N) is 1. The van der Waals surface area contributed by atoms with E-state index in [9.17, 15) is 19.7 Å². The Morgan fingerprint density at radius 1 is 1.03 bits per heavy atom. The van der Waals surface area contributed by atoms with Crippen molar-refractivity contribution < 1.29 is 24.0 Å². The van der Waals surface area contributed by atoms with Crippen LogP contribution in [0.25, 0.3) is 0 Å². The molecule has 0 radical (unpaired) electrons. The highest BCUT2D eigenvalue weighted by atomic mass is 35.5. The van der Waals surface area contributed by atoms with Gasteiger partial charge in [0.15, 0.2) is 5.78 Å². The maximum absolute atomic E-state index is 12.8. The Morgan fingerprint density at radius 3 is 2.28 bits per heavy atom. The van der Waals surface area contributed by atoms with Crippen LogP contribution in [0.1, 0.15) is 56.0 Å². The number of halogens is 2. The average molecular weight is 480 g/mol. The molecule has 7 nitrogen and oxygen atoms in total. The summed E-state index contributed by atoms with van der Waals surface area (Å²) in [6, 6.07) is 8.30. The van der Waals surface area contributed by atoms with Gasteiger partial charge in [-0.1, -0.05) is 23.2 Å². The van der Waals surface area contributed by atoms with E-state index in [0.29, 0.717) is 25.0 Å². The van der Waals surface area contributed by atoms with Crippen molar-refractivity contribution in [3.05, 3.63) is 67.7 Å². The fourth-order valence-electron chi connectivity index (χ4n) is 3.51. The molecule has 2 aromatic rings. The molecule has 0 amide bonds. The Labute approximate surface area is 195 Å². The Bertz CT molecular complexity index is 1050. The highest BCUT2D eigenvalue weighted by Crippen LogP contribution is 2.39. The second-order valence-corrected chi connectivity index (χ2v) is 9.41. The quantitative estimate of drug-likeness (QED) is 0.217. The molecular formula is C23H23Cl2NO6. The summed E-state index contributed by atoms with van der Waals surface area (Å²) in [5.74, 6) is -0.566. The van der Waals surface area contributed by atoms with Gasteiger partial charge in [-0.15, -0.1) is 0 Å². The first kappa shape index (κ1) is 24.0. The fourth-order valence-corrected chi connectivity index (χ4v) is 3.97. The average Bonchev–Trinajstić information content (AvgIpc) is 3.19. The number of esters is 1. The number of nitro benzene ring substituents is 1. The SMILES string of the molecule is CC(C)(C)OC(=O)[C@H]1CC[C@H](Oc2ccc(C(=O)c3ccc([N+](=O)[O-])cc3)c(Cl)c2Cl)C1. The Hall–Kier alpha value is -2.64. The van der Waals surface area contributed by atoms with E-state index in [2.05, 4.69) is 0 Å². The molecule has 2 aromatic carbocycles. The third kappa shape index (κ3) is 5.58. The van der Waals surface area contributed by atoms with Crippen molar-refractivity contribution in [2.45, 2.75) is 51.7 Å². The fraction of sp³-hybridized carbons (Fsp3) is 0.391. The number of carbonyl (C=O) groups excluding carboxylic acids is 2. The first-order valence-corrected chi connectivity index (χ1v) is 10.9. The van der Waals surface area contributed by atoms with Crippen molar-refractivity contribution >= 4 is 40.6 Å².